The van der Waals surface area contributed by atoms with Crippen molar-refractivity contribution in [1.29, 1.82) is 0 Å². The molecule has 1 aliphatic carbocycles. The monoisotopic (exact) mass is 646 g/mol. The number of hydrogen-bond donors (Lipinski definition) is 0. The smallest absolute Gasteiger partial charge is 0.0571 e. The SMILES string of the molecule is c1ccc(-c2c3c(c(-c4ccccc4)c4ccccc24)-c2ccc(-c4ccc(-n5c6ccccc6c6cnccc65)cc4)c4cccc-3c24)cc1. The predicted octanol–water partition coefficient (Wildman–Crippen LogP) is 13.1. The summed E-state index contributed by atoms with van der Waals surface area (Å²) >= 11 is 0. The van der Waals surface area contributed by atoms with E-state index in [1.54, 1.807) is 0 Å². The molecule has 236 valence electrons. The van der Waals surface area contributed by atoms with Gasteiger partial charge in [-0.1, -0.05) is 146 Å². The van der Waals surface area contributed by atoms with E-state index in [0.717, 1.165) is 11.2 Å². The van der Waals surface area contributed by atoms with Gasteiger partial charge in [0.15, 0.2) is 0 Å². The van der Waals surface area contributed by atoms with Gasteiger partial charge in [-0.15, -0.1) is 0 Å². The minimum absolute atomic E-state index is 1.14. The lowest BCUT2D eigenvalue weighted by Gasteiger charge is -2.20. The average molecular weight is 647 g/mol. The lowest BCUT2D eigenvalue weighted by atomic mass is 9.82. The van der Waals surface area contributed by atoms with Gasteiger partial charge < -0.3 is 4.57 Å². The van der Waals surface area contributed by atoms with E-state index >= 15 is 0 Å². The largest absolute Gasteiger partial charge is 0.309 e. The zero-order valence-corrected chi connectivity index (χ0v) is 27.7. The molecule has 10 aromatic rings. The Morgan fingerprint density at radius 1 is 0.333 bits per heavy atom. The minimum Gasteiger partial charge on any atom is -0.309 e. The van der Waals surface area contributed by atoms with Crippen molar-refractivity contribution in [2.45, 2.75) is 0 Å². The molecule has 2 heterocycles. The fraction of sp³-hybridized carbons (Fsp3) is 0. The Bertz CT molecular complexity index is 2840. The van der Waals surface area contributed by atoms with Crippen LogP contribution in [0.2, 0.25) is 0 Å². The maximum Gasteiger partial charge on any atom is 0.0571 e. The van der Waals surface area contributed by atoms with Gasteiger partial charge in [-0.25, -0.2) is 0 Å². The summed E-state index contributed by atoms with van der Waals surface area (Å²) in [5.74, 6) is 0. The van der Waals surface area contributed by atoms with Gasteiger partial charge in [0, 0.05) is 28.9 Å². The Hall–Kier alpha value is -6.77. The molecule has 0 unspecified atom stereocenters. The van der Waals surface area contributed by atoms with Gasteiger partial charge in [0.1, 0.15) is 0 Å². The summed E-state index contributed by atoms with van der Waals surface area (Å²) in [6, 6.07) is 62.2. The molecule has 0 radical (unpaired) electrons. The Morgan fingerprint density at radius 2 is 0.882 bits per heavy atom. The van der Waals surface area contributed by atoms with Crippen LogP contribution in [0.1, 0.15) is 0 Å². The van der Waals surface area contributed by atoms with Gasteiger partial charge in [-0.2, -0.15) is 0 Å². The van der Waals surface area contributed by atoms with Gasteiger partial charge in [0.05, 0.1) is 11.0 Å². The van der Waals surface area contributed by atoms with Gasteiger partial charge in [-0.05, 0) is 101 Å². The Labute approximate surface area is 295 Å². The average Bonchev–Trinajstić information content (AvgIpc) is 3.72. The highest BCUT2D eigenvalue weighted by Gasteiger charge is 2.31. The van der Waals surface area contributed by atoms with Crippen LogP contribution in [0.25, 0.3) is 105 Å². The number of pyridine rings is 1. The Kier molecular flexibility index (Phi) is 5.99. The predicted molar refractivity (Wildman–Crippen MR) is 214 cm³/mol. The second-order valence-corrected chi connectivity index (χ2v) is 13.5. The van der Waals surface area contributed by atoms with Crippen LogP contribution in [-0.4, -0.2) is 9.55 Å². The van der Waals surface area contributed by atoms with E-state index in [-0.39, 0.29) is 0 Å². The van der Waals surface area contributed by atoms with Crippen LogP contribution in [0.5, 0.6) is 0 Å². The summed E-state index contributed by atoms with van der Waals surface area (Å²) in [6.45, 7) is 0. The van der Waals surface area contributed by atoms with Crippen molar-refractivity contribution in [2.75, 3.05) is 0 Å². The van der Waals surface area contributed by atoms with E-state index in [1.807, 2.05) is 12.4 Å². The summed E-state index contributed by atoms with van der Waals surface area (Å²) < 4.78 is 2.35. The summed E-state index contributed by atoms with van der Waals surface area (Å²) in [5.41, 5.74) is 16.3. The normalized spacial score (nSPS) is 11.9. The molecule has 0 bridgehead atoms. The number of hydrogen-bond acceptors (Lipinski definition) is 1. The number of nitrogens with zero attached hydrogens (tertiary/aromatic N) is 2. The Balaban J connectivity index is 1.15. The van der Waals surface area contributed by atoms with Crippen molar-refractivity contribution >= 4 is 43.4 Å². The van der Waals surface area contributed by atoms with Crippen molar-refractivity contribution in [3.8, 4) is 61.3 Å². The fourth-order valence-electron chi connectivity index (χ4n) is 8.75. The maximum absolute atomic E-state index is 4.43. The molecule has 0 atom stereocenters. The second kappa shape index (κ2) is 10.9. The van der Waals surface area contributed by atoms with Crippen LogP contribution in [0.3, 0.4) is 0 Å². The topological polar surface area (TPSA) is 17.8 Å². The quantitative estimate of drug-likeness (QED) is 0.186. The molecule has 0 amide bonds. The lowest BCUT2D eigenvalue weighted by Crippen LogP contribution is -1.94. The standard InChI is InChI=1S/C49H30N2/c1-3-12-32(13-4-1)45-38-17-7-8-18-39(38)46(33-14-5-2-6-15-33)49-41-27-26-35(37-19-11-20-40(47(37)41)48(45)49)31-22-24-34(25-23-31)51-43-21-10-9-16-36(43)42-30-50-29-28-44(42)51/h1-30H. The lowest BCUT2D eigenvalue weighted by molar-refractivity contribution is 1.17. The number of benzene rings is 8. The molecule has 51 heavy (non-hydrogen) atoms. The molecule has 2 nitrogen and oxygen atoms in total. The van der Waals surface area contributed by atoms with Crippen molar-refractivity contribution in [3.63, 3.8) is 0 Å². The first-order valence-corrected chi connectivity index (χ1v) is 17.6. The highest BCUT2D eigenvalue weighted by atomic mass is 15.0. The number of rotatable bonds is 4. The molecule has 11 rings (SSSR count). The molecule has 8 aromatic carbocycles. The van der Waals surface area contributed by atoms with Crippen LogP contribution < -0.4 is 0 Å². The van der Waals surface area contributed by atoms with Crippen LogP contribution in [0.4, 0.5) is 0 Å². The van der Waals surface area contributed by atoms with Gasteiger partial charge in [0.2, 0.25) is 0 Å². The van der Waals surface area contributed by atoms with E-state index in [9.17, 15) is 0 Å². The first kappa shape index (κ1) is 28.1. The van der Waals surface area contributed by atoms with E-state index < -0.39 is 0 Å². The van der Waals surface area contributed by atoms with E-state index in [2.05, 4.69) is 179 Å². The van der Waals surface area contributed by atoms with E-state index in [1.165, 1.54) is 93.5 Å². The van der Waals surface area contributed by atoms with Crippen LogP contribution in [0, 0.1) is 0 Å². The molecule has 0 aliphatic heterocycles. The summed E-state index contributed by atoms with van der Waals surface area (Å²) in [7, 11) is 0. The van der Waals surface area contributed by atoms with Crippen molar-refractivity contribution in [2.24, 2.45) is 0 Å². The number of fused-ring (bicyclic) bond motifs is 7. The second-order valence-electron chi connectivity index (χ2n) is 13.5. The van der Waals surface area contributed by atoms with Crippen molar-refractivity contribution < 1.29 is 0 Å². The first-order valence-electron chi connectivity index (χ1n) is 17.6. The fourth-order valence-corrected chi connectivity index (χ4v) is 8.75. The first-order chi connectivity index (χ1) is 25.3. The molecule has 2 heteroatoms. The maximum atomic E-state index is 4.43. The molecule has 0 saturated carbocycles. The molecule has 0 fully saturated rings. The number of aromatic nitrogens is 2. The highest BCUT2D eigenvalue weighted by Crippen LogP contribution is 2.58. The zero-order chi connectivity index (χ0) is 33.5. The van der Waals surface area contributed by atoms with Gasteiger partial charge in [0.25, 0.3) is 0 Å². The van der Waals surface area contributed by atoms with Crippen molar-refractivity contribution in [3.05, 3.63) is 182 Å². The third-order valence-corrected chi connectivity index (χ3v) is 10.8. The minimum atomic E-state index is 1.14. The zero-order valence-electron chi connectivity index (χ0n) is 27.7. The van der Waals surface area contributed by atoms with Crippen LogP contribution >= 0.6 is 0 Å². The molecule has 0 N–H and O–H groups in total. The molecule has 2 aromatic heterocycles. The molecular formula is C49H30N2. The van der Waals surface area contributed by atoms with Gasteiger partial charge >= 0.3 is 0 Å². The third kappa shape index (κ3) is 4.02. The Morgan fingerprint density at radius 3 is 1.57 bits per heavy atom. The van der Waals surface area contributed by atoms with E-state index in [4.69, 9.17) is 0 Å². The molecule has 1 aliphatic rings. The highest BCUT2D eigenvalue weighted by molar-refractivity contribution is 6.28. The summed E-state index contributed by atoms with van der Waals surface area (Å²) in [5, 5.41) is 7.55. The van der Waals surface area contributed by atoms with Gasteiger partial charge in [-0.3, -0.25) is 4.98 Å². The van der Waals surface area contributed by atoms with E-state index in [0.29, 0.717) is 0 Å². The van der Waals surface area contributed by atoms with Crippen LogP contribution in [0.15, 0.2) is 182 Å². The van der Waals surface area contributed by atoms with Crippen LogP contribution in [-0.2, 0) is 0 Å². The molecular weight excluding hydrogens is 617 g/mol. The molecule has 0 saturated heterocycles. The van der Waals surface area contributed by atoms with Crippen molar-refractivity contribution in [1.82, 2.24) is 9.55 Å². The number of para-hydroxylation sites is 1. The summed E-state index contributed by atoms with van der Waals surface area (Å²) in [4.78, 5) is 4.43. The summed E-state index contributed by atoms with van der Waals surface area (Å²) in [6.07, 6.45) is 3.86. The molecule has 0 spiro atoms. The third-order valence-electron chi connectivity index (χ3n) is 10.8.